The van der Waals surface area contributed by atoms with Crippen LogP contribution in [0.1, 0.15) is 68.2 Å². The third-order valence-corrected chi connectivity index (χ3v) is 12.4. The minimum Gasteiger partial charge on any atom is -0.504 e. The van der Waals surface area contributed by atoms with Crippen molar-refractivity contribution in [3.63, 3.8) is 0 Å². The minimum atomic E-state index is -0.630. The number of fused-ring (bicyclic) bond motifs is 6. The van der Waals surface area contributed by atoms with E-state index in [1.807, 2.05) is 30.3 Å². The zero-order valence-corrected chi connectivity index (χ0v) is 34.9. The summed E-state index contributed by atoms with van der Waals surface area (Å²) in [6, 6.07) is 12.2. The molecule has 0 unspecified atom stereocenters. The van der Waals surface area contributed by atoms with Gasteiger partial charge in [-0.2, -0.15) is 0 Å². The Hall–Kier alpha value is -6.33. The molecule has 2 bridgehead atoms. The van der Waals surface area contributed by atoms with Crippen LogP contribution in [0.5, 0.6) is 28.7 Å². The third kappa shape index (κ3) is 10.1. The Morgan fingerprint density at radius 1 is 1.10 bits per heavy atom. The van der Waals surface area contributed by atoms with Gasteiger partial charge in [0.1, 0.15) is 12.2 Å². The van der Waals surface area contributed by atoms with Crippen molar-refractivity contribution in [1.29, 1.82) is 0 Å². The number of aromatic nitrogens is 1. The average Bonchev–Trinajstić information content (AvgIpc) is 3.27. The Bertz CT molecular complexity index is 2290. The number of carbonyl (C=O) groups excluding carboxylic acids is 1. The number of carbonyl (C=O) groups is 1. The Morgan fingerprint density at radius 3 is 2.81 bits per heavy atom. The van der Waals surface area contributed by atoms with Crippen LogP contribution in [0.4, 0.5) is 0 Å². The van der Waals surface area contributed by atoms with Gasteiger partial charge in [0.2, 0.25) is 5.75 Å². The summed E-state index contributed by atoms with van der Waals surface area (Å²) in [4.78, 5) is 21.4. The van der Waals surface area contributed by atoms with Gasteiger partial charge in [0, 0.05) is 69.0 Å². The molecule has 14 nitrogen and oxygen atoms in total. The molecule has 2 aromatic carbocycles. The fourth-order valence-corrected chi connectivity index (χ4v) is 9.37. The van der Waals surface area contributed by atoms with Crippen LogP contribution in [0.3, 0.4) is 0 Å². The zero-order chi connectivity index (χ0) is 43.2. The molecule has 0 amide bonds. The van der Waals surface area contributed by atoms with E-state index in [-0.39, 0.29) is 65.4 Å². The van der Waals surface area contributed by atoms with E-state index in [1.165, 1.54) is 18.6 Å². The van der Waals surface area contributed by atoms with Gasteiger partial charge in [0.15, 0.2) is 29.0 Å². The first-order valence-electron chi connectivity index (χ1n) is 21.6. The monoisotopic (exact) mass is 844 g/mol. The molecule has 1 saturated heterocycles. The minimum absolute atomic E-state index is 0.0452. The third-order valence-electron chi connectivity index (χ3n) is 12.4. The van der Waals surface area contributed by atoms with E-state index < -0.39 is 24.3 Å². The predicted molar refractivity (Wildman–Crippen MR) is 233 cm³/mol. The van der Waals surface area contributed by atoms with Crippen LogP contribution in [0.2, 0.25) is 0 Å². The first-order chi connectivity index (χ1) is 30.1. The number of pyridine rings is 1. The van der Waals surface area contributed by atoms with E-state index in [0.29, 0.717) is 48.9 Å². The van der Waals surface area contributed by atoms with E-state index in [9.17, 15) is 20.1 Å². The molecule has 0 spiro atoms. The molecule has 9 atom stereocenters. The molecule has 1 aromatic heterocycles. The molecular formula is C48H56N6O8. The van der Waals surface area contributed by atoms with Crippen molar-refractivity contribution in [2.45, 2.75) is 88.7 Å². The summed E-state index contributed by atoms with van der Waals surface area (Å²) in [5.41, 5.74) is 16.1. The maximum absolute atomic E-state index is 12.6. The van der Waals surface area contributed by atoms with Gasteiger partial charge in [-0.15, -0.1) is 0 Å². The van der Waals surface area contributed by atoms with Crippen molar-refractivity contribution in [3.8, 4) is 40.6 Å². The van der Waals surface area contributed by atoms with E-state index in [4.69, 9.17) is 30.4 Å². The highest BCUT2D eigenvalue weighted by atomic mass is 16.6. The number of nitrogens with zero attached hydrogens (tertiary/aromatic N) is 2. The number of phenols is 3. The normalized spacial score (nSPS) is 27.7. The van der Waals surface area contributed by atoms with Gasteiger partial charge in [-0.3, -0.25) is 14.8 Å². The lowest BCUT2D eigenvalue weighted by Crippen LogP contribution is -2.51. The molecule has 3 aliphatic heterocycles. The van der Waals surface area contributed by atoms with Crippen molar-refractivity contribution < 1.29 is 39.1 Å². The average molecular weight is 845 g/mol. The highest BCUT2D eigenvalue weighted by molar-refractivity contribution is 5.78. The first-order valence-corrected chi connectivity index (χ1v) is 21.6. The lowest BCUT2D eigenvalue weighted by molar-refractivity contribution is -0.179. The Balaban J connectivity index is 1.06. The second-order valence-electron chi connectivity index (χ2n) is 16.8. The molecule has 4 heterocycles. The summed E-state index contributed by atoms with van der Waals surface area (Å²) in [6.45, 7) is 2.91. The second kappa shape index (κ2) is 19.2. The molecule has 8 rings (SSSR count). The fraction of sp³-hybridized carbons (Fsp3) is 0.438. The molecule has 2 fully saturated rings. The van der Waals surface area contributed by atoms with Crippen molar-refractivity contribution in [3.05, 3.63) is 107 Å². The molecule has 2 aliphatic carbocycles. The van der Waals surface area contributed by atoms with Crippen LogP contribution < -0.4 is 31.6 Å². The lowest BCUT2D eigenvalue weighted by Gasteiger charge is -2.47. The number of dihydropyridines is 1. The molecule has 9 N–H and O–H groups in total. The van der Waals surface area contributed by atoms with Crippen LogP contribution in [0, 0.1) is 35.5 Å². The molecular weight excluding hydrogens is 789 g/mol. The molecule has 3 aromatic rings. The number of rotatable bonds is 11. The van der Waals surface area contributed by atoms with E-state index in [2.05, 4.69) is 50.7 Å². The van der Waals surface area contributed by atoms with Gasteiger partial charge >= 0.3 is 5.97 Å². The second-order valence-corrected chi connectivity index (χ2v) is 16.8. The summed E-state index contributed by atoms with van der Waals surface area (Å²) in [6.07, 6.45) is 15.2. The number of nitrogens with one attached hydrogen (secondary N) is 2. The molecule has 326 valence electrons. The van der Waals surface area contributed by atoms with Gasteiger partial charge in [0.25, 0.3) is 0 Å². The molecule has 14 heteroatoms. The van der Waals surface area contributed by atoms with Gasteiger partial charge in [0.05, 0.1) is 30.6 Å². The Kier molecular flexibility index (Phi) is 13.1. The number of hydrogen-bond donors (Lipinski definition) is 7. The van der Waals surface area contributed by atoms with Crippen LogP contribution in [-0.4, -0.2) is 76.3 Å². The van der Waals surface area contributed by atoms with Crippen molar-refractivity contribution in [2.24, 2.45) is 40.1 Å². The fourth-order valence-electron chi connectivity index (χ4n) is 9.37. The summed E-state index contributed by atoms with van der Waals surface area (Å²) in [7, 11) is 0. The van der Waals surface area contributed by atoms with Gasteiger partial charge < -0.3 is 56.4 Å². The molecule has 0 radical (unpaired) electrons. The molecule has 62 heavy (non-hydrogen) atoms. The van der Waals surface area contributed by atoms with Crippen molar-refractivity contribution in [1.82, 2.24) is 15.6 Å². The smallest absolute Gasteiger partial charge is 0.302 e. The highest BCUT2D eigenvalue weighted by Crippen LogP contribution is 2.48. The SMILES string of the molecule is CC(=O)O[C@H]1C[C@@H](c2cc(O)c(O)c(OCCc3cccnc3)c2)O[C@@H]2[C@@H]1C=C[C@@H]1C#C[C@H]3[C@H](NC(N)=NCCCC4=CCNC(N)=C4)CCC[C@H]3Oc3cc(ccc3O)C[C@H]21. The van der Waals surface area contributed by atoms with Crippen LogP contribution in [0.25, 0.3) is 0 Å². The number of allylic oxidation sites excluding steroid dienone is 3. The number of esters is 1. The number of ether oxygens (including phenoxy) is 4. The first kappa shape index (κ1) is 42.4. The number of hydrogen-bond acceptors (Lipinski definition) is 12. The van der Waals surface area contributed by atoms with Gasteiger partial charge in [-0.05, 0) is 97.2 Å². The highest BCUT2D eigenvalue weighted by Gasteiger charge is 2.48. The van der Waals surface area contributed by atoms with Gasteiger partial charge in [-0.25, -0.2) is 0 Å². The maximum atomic E-state index is 12.6. The number of guanidine groups is 1. The molecule has 1 saturated carbocycles. The quantitative estimate of drug-likeness (QED) is 0.0252. The Labute approximate surface area is 362 Å². The van der Waals surface area contributed by atoms with E-state index >= 15 is 0 Å². The van der Waals surface area contributed by atoms with Crippen LogP contribution in [-0.2, 0) is 27.1 Å². The summed E-state index contributed by atoms with van der Waals surface area (Å²) in [5, 5.41) is 39.4. The zero-order valence-electron chi connectivity index (χ0n) is 34.9. The summed E-state index contributed by atoms with van der Waals surface area (Å²) < 4.78 is 25.7. The maximum Gasteiger partial charge on any atom is 0.302 e. The largest absolute Gasteiger partial charge is 0.504 e. The predicted octanol–water partition coefficient (Wildman–Crippen LogP) is 5.19. The summed E-state index contributed by atoms with van der Waals surface area (Å²) >= 11 is 0. The number of aromatic hydroxyl groups is 3. The van der Waals surface area contributed by atoms with Crippen molar-refractivity contribution >= 4 is 11.9 Å². The number of benzene rings is 2. The van der Waals surface area contributed by atoms with Crippen molar-refractivity contribution in [2.75, 3.05) is 19.7 Å². The number of nitrogens with two attached hydrogens (primary N) is 2. The van der Waals surface area contributed by atoms with Crippen LogP contribution >= 0.6 is 0 Å². The number of aliphatic imine (C=N–C) groups is 1. The molecule has 5 aliphatic rings. The Morgan fingerprint density at radius 2 is 1.98 bits per heavy atom. The number of phenolic OH excluding ortho intramolecular Hbond substituents is 3. The summed E-state index contributed by atoms with van der Waals surface area (Å²) in [5.74, 6) is 6.65. The topological polar surface area (TPSA) is 216 Å². The van der Waals surface area contributed by atoms with E-state index in [1.54, 1.807) is 24.5 Å². The van der Waals surface area contributed by atoms with Crippen LogP contribution in [0.15, 0.2) is 95.5 Å². The van der Waals surface area contributed by atoms with Gasteiger partial charge in [-0.1, -0.05) is 42.2 Å². The van der Waals surface area contributed by atoms with E-state index in [0.717, 1.165) is 49.8 Å². The standard InChI is InChI=1S/C48H56N6O8/c1-28(55)60-42-26-41(33-24-39(57)46(58)44(25-33)59-20-16-30-6-3-17-51-27-30)62-47-35(42)13-11-32-10-12-34-37(54-48(50)53-18-4-5-29-15-19-52-45(49)23-29)7-2-8-40(34)61-43-22-31(21-36(32)47)9-14-38(43)56/h3,6,9,11,13-15,17,22-25,27,32,34-37,40-42,47,52,56-58H,2,4-5,7-8,16,18-21,26,49H2,1H3,(H3,50,53,54)/t32-,34-,35+,36-,37+,40+,41-,42-,47+/m0/s1. The lowest BCUT2D eigenvalue weighted by atomic mass is 9.69.